The van der Waals surface area contributed by atoms with E-state index in [1.165, 1.54) is 25.2 Å². The molecule has 0 atom stereocenters. The zero-order chi connectivity index (χ0) is 7.98. The normalized spacial score (nSPS) is 11.4. The van der Waals surface area contributed by atoms with Gasteiger partial charge in [0.2, 0.25) is 0 Å². The molecule has 0 rings (SSSR count). The largest absolute Gasteiger partial charge is 0.104 e. The van der Waals surface area contributed by atoms with E-state index in [4.69, 9.17) is 0 Å². The van der Waals surface area contributed by atoms with E-state index in [1.807, 2.05) is 0 Å². The minimum atomic E-state index is 0.380. The first-order chi connectivity index (χ1) is 4.72. The van der Waals surface area contributed by atoms with Gasteiger partial charge in [0, 0.05) is 0 Å². The lowest BCUT2D eigenvalue weighted by Gasteiger charge is -2.19. The van der Waals surface area contributed by atoms with Gasteiger partial charge in [0.25, 0.3) is 0 Å². The van der Waals surface area contributed by atoms with E-state index in [-0.39, 0.29) is 0 Å². The van der Waals surface area contributed by atoms with E-state index in [0.717, 1.165) is 5.66 Å². The van der Waals surface area contributed by atoms with E-state index in [0.29, 0.717) is 7.92 Å². The Bertz CT molecular complexity index is 63.1. The lowest BCUT2D eigenvalue weighted by molar-refractivity contribution is 0.996. The molecule has 0 aromatic heterocycles. The number of rotatable bonds is 5. The Hall–Kier alpha value is 0.430. The molecular weight excluding hydrogens is 139 g/mol. The van der Waals surface area contributed by atoms with Crippen molar-refractivity contribution < 1.29 is 0 Å². The van der Waals surface area contributed by atoms with Crippen molar-refractivity contribution in [3.05, 3.63) is 0 Å². The van der Waals surface area contributed by atoms with Gasteiger partial charge < -0.3 is 0 Å². The van der Waals surface area contributed by atoms with Crippen molar-refractivity contribution in [2.75, 3.05) is 12.3 Å². The molecule has 0 spiro atoms. The van der Waals surface area contributed by atoms with Crippen LogP contribution in [0.2, 0.25) is 0 Å². The highest BCUT2D eigenvalue weighted by Gasteiger charge is 2.08. The van der Waals surface area contributed by atoms with Crippen LogP contribution in [0.15, 0.2) is 0 Å². The van der Waals surface area contributed by atoms with Crippen LogP contribution in [0.4, 0.5) is 0 Å². The molecule has 0 amide bonds. The van der Waals surface area contributed by atoms with Crippen LogP contribution in [0.5, 0.6) is 0 Å². The summed E-state index contributed by atoms with van der Waals surface area (Å²) in [6.45, 7) is 9.34. The van der Waals surface area contributed by atoms with Crippen LogP contribution in [0.25, 0.3) is 0 Å². The first-order valence-electron chi connectivity index (χ1n) is 4.46. The fraction of sp³-hybridized carbons (Fsp3) is 1.00. The highest BCUT2D eigenvalue weighted by atomic mass is 31.1. The molecule has 0 aromatic rings. The van der Waals surface area contributed by atoms with Gasteiger partial charge in [0.05, 0.1) is 0 Å². The monoisotopic (exact) mass is 160 g/mol. The van der Waals surface area contributed by atoms with Gasteiger partial charge in [-0.15, -0.1) is 7.92 Å². The van der Waals surface area contributed by atoms with E-state index < -0.39 is 0 Å². The summed E-state index contributed by atoms with van der Waals surface area (Å²) in [5.74, 6) is 0. The summed E-state index contributed by atoms with van der Waals surface area (Å²) in [7, 11) is 0.380. The average molecular weight is 160 g/mol. The van der Waals surface area contributed by atoms with Crippen molar-refractivity contribution in [3.8, 4) is 0 Å². The van der Waals surface area contributed by atoms with Gasteiger partial charge in [0.1, 0.15) is 0 Å². The van der Waals surface area contributed by atoms with Crippen LogP contribution in [-0.4, -0.2) is 18.0 Å². The maximum atomic E-state index is 2.37. The lowest BCUT2D eigenvalue weighted by Crippen LogP contribution is -1.99. The molecule has 0 nitrogen and oxygen atoms in total. The van der Waals surface area contributed by atoms with Crippen LogP contribution in [0.3, 0.4) is 0 Å². The molecule has 0 aromatic carbocycles. The van der Waals surface area contributed by atoms with E-state index in [1.54, 1.807) is 0 Å². The third-order valence-corrected chi connectivity index (χ3v) is 5.26. The van der Waals surface area contributed by atoms with Crippen molar-refractivity contribution in [1.29, 1.82) is 0 Å². The topological polar surface area (TPSA) is 0 Å². The quantitative estimate of drug-likeness (QED) is 0.538. The van der Waals surface area contributed by atoms with Gasteiger partial charge in [-0.3, -0.25) is 0 Å². The Kier molecular flexibility index (Phi) is 6.43. The molecule has 0 aliphatic rings. The Morgan fingerprint density at radius 1 is 1.00 bits per heavy atom. The van der Waals surface area contributed by atoms with Crippen LogP contribution in [0.1, 0.15) is 40.5 Å². The van der Waals surface area contributed by atoms with Gasteiger partial charge in [0.15, 0.2) is 0 Å². The summed E-state index contributed by atoms with van der Waals surface area (Å²) >= 11 is 0. The highest BCUT2D eigenvalue weighted by Crippen LogP contribution is 2.41. The Labute approximate surface area is 67.2 Å². The average Bonchev–Trinajstić information content (AvgIpc) is 1.87. The van der Waals surface area contributed by atoms with Crippen molar-refractivity contribution in [2.24, 2.45) is 0 Å². The van der Waals surface area contributed by atoms with E-state index in [9.17, 15) is 0 Å². The molecule has 0 saturated heterocycles. The molecule has 0 saturated carbocycles. The molecule has 0 unspecified atom stereocenters. The minimum absolute atomic E-state index is 0.380. The zero-order valence-electron chi connectivity index (χ0n) is 7.85. The van der Waals surface area contributed by atoms with Crippen molar-refractivity contribution >= 4 is 7.92 Å². The minimum Gasteiger partial charge on any atom is -0.104 e. The van der Waals surface area contributed by atoms with Crippen LogP contribution in [-0.2, 0) is 0 Å². The Balaban J connectivity index is 3.50. The van der Waals surface area contributed by atoms with E-state index in [2.05, 4.69) is 27.7 Å². The fourth-order valence-corrected chi connectivity index (χ4v) is 3.61. The van der Waals surface area contributed by atoms with Crippen LogP contribution in [0, 0.1) is 0 Å². The van der Waals surface area contributed by atoms with Gasteiger partial charge in [-0.25, -0.2) is 0 Å². The molecule has 62 valence electrons. The number of hydrogen-bond acceptors (Lipinski definition) is 0. The summed E-state index contributed by atoms with van der Waals surface area (Å²) in [5, 5.41) is 0. The second kappa shape index (κ2) is 6.16. The second-order valence-electron chi connectivity index (χ2n) is 3.13. The zero-order valence-corrected chi connectivity index (χ0v) is 8.75. The first kappa shape index (κ1) is 10.4. The SMILES string of the molecule is CCCP(CCC)C(C)C. The summed E-state index contributed by atoms with van der Waals surface area (Å²) in [6.07, 6.45) is 5.73. The molecule has 0 fully saturated rings. The molecule has 0 bridgehead atoms. The molecule has 0 N–H and O–H groups in total. The molecular formula is C9H21P. The molecule has 10 heavy (non-hydrogen) atoms. The third kappa shape index (κ3) is 4.28. The smallest absolute Gasteiger partial charge is 0.0266 e. The maximum absolute atomic E-state index is 2.37. The standard InChI is InChI=1S/C9H21P/c1-5-7-10(8-6-2)9(3)4/h9H,5-8H2,1-4H3. The maximum Gasteiger partial charge on any atom is -0.0266 e. The van der Waals surface area contributed by atoms with Gasteiger partial charge in [-0.2, -0.15) is 0 Å². The highest BCUT2D eigenvalue weighted by molar-refractivity contribution is 7.58. The lowest BCUT2D eigenvalue weighted by atomic mass is 10.5. The predicted octanol–water partition coefficient (Wildman–Crippen LogP) is 3.70. The van der Waals surface area contributed by atoms with Crippen LogP contribution < -0.4 is 0 Å². The molecule has 0 aliphatic heterocycles. The molecule has 1 heteroatoms. The first-order valence-corrected chi connectivity index (χ1v) is 6.24. The van der Waals surface area contributed by atoms with Crippen molar-refractivity contribution in [3.63, 3.8) is 0 Å². The van der Waals surface area contributed by atoms with Gasteiger partial charge in [-0.1, -0.05) is 40.5 Å². The van der Waals surface area contributed by atoms with Gasteiger partial charge in [-0.05, 0) is 18.0 Å². The second-order valence-corrected chi connectivity index (χ2v) is 6.23. The summed E-state index contributed by atoms with van der Waals surface area (Å²) in [6, 6.07) is 0. The van der Waals surface area contributed by atoms with Crippen molar-refractivity contribution in [2.45, 2.75) is 46.2 Å². The Morgan fingerprint density at radius 3 is 1.60 bits per heavy atom. The molecule has 0 heterocycles. The van der Waals surface area contributed by atoms with Gasteiger partial charge >= 0.3 is 0 Å². The van der Waals surface area contributed by atoms with Crippen molar-refractivity contribution in [1.82, 2.24) is 0 Å². The predicted molar refractivity (Wildman–Crippen MR) is 52.4 cm³/mol. The summed E-state index contributed by atoms with van der Waals surface area (Å²) in [5.41, 5.74) is 0.954. The summed E-state index contributed by atoms with van der Waals surface area (Å²) < 4.78 is 0. The molecule has 0 radical (unpaired) electrons. The fourth-order valence-electron chi connectivity index (χ4n) is 1.20. The van der Waals surface area contributed by atoms with E-state index >= 15 is 0 Å². The summed E-state index contributed by atoms with van der Waals surface area (Å²) in [4.78, 5) is 0. The third-order valence-electron chi connectivity index (χ3n) is 1.75. The Morgan fingerprint density at radius 2 is 1.40 bits per heavy atom. The number of hydrogen-bond donors (Lipinski definition) is 0. The van der Waals surface area contributed by atoms with Crippen LogP contribution >= 0.6 is 7.92 Å². The molecule has 0 aliphatic carbocycles.